The summed E-state index contributed by atoms with van der Waals surface area (Å²) in [7, 11) is -2.65. The number of nitrogens with one attached hydrogen (secondary N) is 1. The number of anilines is 1. The van der Waals surface area contributed by atoms with Gasteiger partial charge in [-0.1, -0.05) is 67.7 Å². The van der Waals surface area contributed by atoms with Gasteiger partial charge in [-0.15, -0.1) is 0 Å². The number of methoxy groups -OCH3 is 1. The Morgan fingerprint density at radius 3 is 2.24 bits per heavy atom. The average molecular weight is 621 g/mol. The van der Waals surface area contributed by atoms with Crippen LogP contribution >= 0.6 is 23.2 Å². The highest BCUT2D eigenvalue weighted by molar-refractivity contribution is 7.92. The van der Waals surface area contributed by atoms with Crippen LogP contribution in [0.5, 0.6) is 5.75 Å². The smallest absolute Gasteiger partial charge is 0.264 e. The standard InChI is InChI=1S/C30H35Cl2N3O5S/c1-4-6-18-33-30(37)28(5-2)34(20-22-12-13-23(31)19-27(22)32)29(36)21-35(24-14-16-25(40-3)17-15-24)41(38,39)26-10-8-7-9-11-26/h7-17,19,28H,4-6,18,20-21H2,1-3H3,(H,33,37)/t28-/m0/s1. The number of halogens is 2. The van der Waals surface area contributed by atoms with Gasteiger partial charge in [0.25, 0.3) is 10.0 Å². The molecule has 1 atom stereocenters. The van der Waals surface area contributed by atoms with Gasteiger partial charge in [-0.2, -0.15) is 0 Å². The van der Waals surface area contributed by atoms with Crippen LogP contribution in [0.25, 0.3) is 0 Å². The largest absolute Gasteiger partial charge is 0.497 e. The molecule has 0 saturated carbocycles. The van der Waals surface area contributed by atoms with Gasteiger partial charge in [0, 0.05) is 23.1 Å². The first-order chi connectivity index (χ1) is 19.6. The van der Waals surface area contributed by atoms with Gasteiger partial charge >= 0.3 is 0 Å². The fourth-order valence-corrected chi connectivity index (χ4v) is 6.16. The molecule has 11 heteroatoms. The lowest BCUT2D eigenvalue weighted by Gasteiger charge is -2.33. The van der Waals surface area contributed by atoms with Gasteiger partial charge in [0.15, 0.2) is 0 Å². The van der Waals surface area contributed by atoms with Gasteiger partial charge in [0.1, 0.15) is 18.3 Å². The molecule has 0 bridgehead atoms. The van der Waals surface area contributed by atoms with Gasteiger partial charge in [0.05, 0.1) is 17.7 Å². The highest BCUT2D eigenvalue weighted by atomic mass is 35.5. The molecule has 0 radical (unpaired) electrons. The molecule has 2 amide bonds. The molecule has 3 aromatic rings. The quantitative estimate of drug-likeness (QED) is 0.226. The van der Waals surface area contributed by atoms with E-state index in [0.717, 1.165) is 17.1 Å². The first-order valence-corrected chi connectivity index (χ1v) is 15.5. The number of rotatable bonds is 14. The van der Waals surface area contributed by atoms with E-state index in [0.29, 0.717) is 34.3 Å². The van der Waals surface area contributed by atoms with Crippen LogP contribution in [0.3, 0.4) is 0 Å². The second-order valence-corrected chi connectivity index (χ2v) is 12.1. The van der Waals surface area contributed by atoms with Crippen molar-refractivity contribution in [3.8, 4) is 5.75 Å². The Labute approximate surface area is 252 Å². The number of benzene rings is 3. The van der Waals surface area contributed by atoms with E-state index >= 15 is 0 Å². The molecule has 41 heavy (non-hydrogen) atoms. The third-order valence-corrected chi connectivity index (χ3v) is 8.92. The minimum atomic E-state index is -4.16. The summed E-state index contributed by atoms with van der Waals surface area (Å²) in [5.74, 6) is -0.351. The minimum Gasteiger partial charge on any atom is -0.497 e. The molecule has 0 spiro atoms. The van der Waals surface area contributed by atoms with Crippen LogP contribution in [0, 0.1) is 0 Å². The lowest BCUT2D eigenvalue weighted by molar-refractivity contribution is -0.140. The van der Waals surface area contributed by atoms with Crippen LogP contribution in [0.2, 0.25) is 10.0 Å². The van der Waals surface area contributed by atoms with Crippen molar-refractivity contribution in [2.45, 2.75) is 50.6 Å². The second kappa shape index (κ2) is 15.1. The molecule has 0 heterocycles. The summed E-state index contributed by atoms with van der Waals surface area (Å²) in [5, 5.41) is 3.67. The predicted octanol–water partition coefficient (Wildman–Crippen LogP) is 5.92. The van der Waals surface area contributed by atoms with E-state index in [4.69, 9.17) is 27.9 Å². The zero-order valence-electron chi connectivity index (χ0n) is 23.3. The Hall–Kier alpha value is -3.27. The van der Waals surface area contributed by atoms with E-state index in [2.05, 4.69) is 5.32 Å². The first-order valence-electron chi connectivity index (χ1n) is 13.3. The van der Waals surface area contributed by atoms with Crippen LogP contribution in [0.1, 0.15) is 38.7 Å². The second-order valence-electron chi connectivity index (χ2n) is 9.35. The van der Waals surface area contributed by atoms with E-state index in [9.17, 15) is 18.0 Å². The molecule has 0 saturated heterocycles. The van der Waals surface area contributed by atoms with Gasteiger partial charge in [0.2, 0.25) is 11.8 Å². The Kier molecular flexibility index (Phi) is 11.9. The maximum Gasteiger partial charge on any atom is 0.264 e. The summed E-state index contributed by atoms with van der Waals surface area (Å²) in [6, 6.07) is 18.3. The molecule has 0 aliphatic carbocycles. The number of amides is 2. The molecule has 3 aromatic carbocycles. The van der Waals surface area contributed by atoms with E-state index in [1.807, 2.05) is 6.92 Å². The number of ether oxygens (including phenoxy) is 1. The summed E-state index contributed by atoms with van der Waals surface area (Å²) >= 11 is 12.5. The van der Waals surface area contributed by atoms with Gasteiger partial charge in [-0.3, -0.25) is 13.9 Å². The van der Waals surface area contributed by atoms with Crippen LogP contribution in [0.15, 0.2) is 77.7 Å². The Bertz CT molecular complexity index is 1420. The van der Waals surface area contributed by atoms with Crippen molar-refractivity contribution in [3.63, 3.8) is 0 Å². The molecular formula is C30H35Cl2N3O5S. The number of unbranched alkanes of at least 4 members (excludes halogenated alkanes) is 1. The lowest BCUT2D eigenvalue weighted by Crippen LogP contribution is -2.52. The summed E-state index contributed by atoms with van der Waals surface area (Å²) in [6.07, 6.45) is 2.00. The van der Waals surface area contributed by atoms with Crippen molar-refractivity contribution < 1.29 is 22.7 Å². The van der Waals surface area contributed by atoms with Gasteiger partial charge < -0.3 is 15.0 Å². The number of hydrogen-bond acceptors (Lipinski definition) is 5. The first kappa shape index (κ1) is 32.2. The molecule has 0 fully saturated rings. The summed E-state index contributed by atoms with van der Waals surface area (Å²) in [4.78, 5) is 28.8. The van der Waals surface area contributed by atoms with Crippen molar-refractivity contribution in [3.05, 3.63) is 88.4 Å². The SMILES string of the molecule is CCCCNC(=O)[C@H](CC)N(Cc1ccc(Cl)cc1Cl)C(=O)CN(c1ccc(OC)cc1)S(=O)(=O)c1ccccc1. The van der Waals surface area contributed by atoms with Crippen molar-refractivity contribution in [2.24, 2.45) is 0 Å². The number of sulfonamides is 1. The highest BCUT2D eigenvalue weighted by Crippen LogP contribution is 2.28. The Morgan fingerprint density at radius 1 is 0.976 bits per heavy atom. The van der Waals surface area contributed by atoms with Crippen molar-refractivity contribution in [1.29, 1.82) is 0 Å². The predicted molar refractivity (Wildman–Crippen MR) is 163 cm³/mol. The molecule has 1 N–H and O–H groups in total. The fraction of sp³-hybridized carbons (Fsp3) is 0.333. The van der Waals surface area contributed by atoms with E-state index < -0.39 is 28.5 Å². The minimum absolute atomic E-state index is 0.0175. The fourth-order valence-electron chi connectivity index (χ4n) is 4.26. The Morgan fingerprint density at radius 2 is 1.66 bits per heavy atom. The van der Waals surface area contributed by atoms with Gasteiger partial charge in [-0.05, 0) is 66.9 Å². The number of carbonyl (C=O) groups is 2. The topological polar surface area (TPSA) is 96.0 Å². The summed E-state index contributed by atoms with van der Waals surface area (Å²) < 4.78 is 34.0. The average Bonchev–Trinajstić information content (AvgIpc) is 2.97. The third kappa shape index (κ3) is 8.38. The number of hydrogen-bond donors (Lipinski definition) is 1. The number of carbonyl (C=O) groups excluding carboxylic acids is 2. The van der Waals surface area contributed by atoms with E-state index in [1.165, 1.54) is 24.1 Å². The van der Waals surface area contributed by atoms with Crippen molar-refractivity contribution >= 4 is 50.7 Å². The van der Waals surface area contributed by atoms with Crippen LogP contribution < -0.4 is 14.4 Å². The molecule has 3 rings (SSSR count). The zero-order valence-corrected chi connectivity index (χ0v) is 25.7. The summed E-state index contributed by atoms with van der Waals surface area (Å²) in [6.45, 7) is 3.72. The molecule has 8 nitrogen and oxygen atoms in total. The lowest BCUT2D eigenvalue weighted by atomic mass is 10.1. The molecule has 0 aliphatic rings. The van der Waals surface area contributed by atoms with Crippen molar-refractivity contribution in [1.82, 2.24) is 10.2 Å². The van der Waals surface area contributed by atoms with Crippen LogP contribution in [0.4, 0.5) is 5.69 Å². The normalized spacial score (nSPS) is 11.9. The Balaban J connectivity index is 2.05. The monoisotopic (exact) mass is 619 g/mol. The van der Waals surface area contributed by atoms with Crippen LogP contribution in [-0.4, -0.2) is 51.4 Å². The number of nitrogens with zero attached hydrogens (tertiary/aromatic N) is 2. The molecular weight excluding hydrogens is 585 g/mol. The van der Waals surface area contributed by atoms with E-state index in [-0.39, 0.29) is 23.0 Å². The van der Waals surface area contributed by atoms with Gasteiger partial charge in [-0.25, -0.2) is 8.42 Å². The summed E-state index contributed by atoms with van der Waals surface area (Å²) in [5.41, 5.74) is 0.846. The highest BCUT2D eigenvalue weighted by Gasteiger charge is 2.34. The third-order valence-electron chi connectivity index (χ3n) is 6.54. The molecule has 0 aromatic heterocycles. The van der Waals surface area contributed by atoms with E-state index in [1.54, 1.807) is 67.6 Å². The molecule has 220 valence electrons. The molecule has 0 aliphatic heterocycles. The van der Waals surface area contributed by atoms with Crippen LogP contribution in [-0.2, 0) is 26.2 Å². The maximum absolute atomic E-state index is 14.1. The zero-order chi connectivity index (χ0) is 30.0. The maximum atomic E-state index is 14.1. The molecule has 0 unspecified atom stereocenters. The van der Waals surface area contributed by atoms with Crippen molar-refractivity contribution in [2.75, 3.05) is 24.5 Å².